The Morgan fingerprint density at radius 2 is 2.09 bits per heavy atom. The Labute approximate surface area is 134 Å². The molecule has 0 saturated carbocycles. The molecular weight excluding hydrogens is 300 g/mol. The molecule has 2 amide bonds. The largest absolute Gasteiger partial charge is 0.479 e. The Balaban J connectivity index is 2.10. The number of carboxylic acids is 1. The molecule has 0 radical (unpaired) electrons. The van der Waals surface area contributed by atoms with Gasteiger partial charge in [-0.1, -0.05) is 13.0 Å². The average molecular weight is 320 g/mol. The molecule has 2 N–H and O–H groups in total. The van der Waals surface area contributed by atoms with E-state index in [2.05, 4.69) is 5.32 Å². The maximum atomic E-state index is 12.5. The van der Waals surface area contributed by atoms with Gasteiger partial charge in [0.05, 0.1) is 13.2 Å². The Kier molecular flexibility index (Phi) is 5.70. The van der Waals surface area contributed by atoms with Crippen molar-refractivity contribution in [2.45, 2.75) is 19.4 Å². The molecule has 124 valence electrons. The second kappa shape index (κ2) is 7.73. The first-order valence-corrected chi connectivity index (χ1v) is 7.55. The highest BCUT2D eigenvalue weighted by molar-refractivity contribution is 5.99. The van der Waals surface area contributed by atoms with E-state index < -0.39 is 12.1 Å². The number of carbonyl (C=O) groups is 3. The van der Waals surface area contributed by atoms with E-state index in [0.29, 0.717) is 24.2 Å². The summed E-state index contributed by atoms with van der Waals surface area (Å²) >= 11 is 0. The molecule has 1 aliphatic rings. The molecule has 1 unspecified atom stereocenters. The SMILES string of the molecule is CCCNC(=O)c1cccc(C(=O)N2CCOC(C(=O)O)C2)c1. The third-order valence-corrected chi connectivity index (χ3v) is 3.54. The van der Waals surface area contributed by atoms with Gasteiger partial charge < -0.3 is 20.1 Å². The quantitative estimate of drug-likeness (QED) is 0.835. The lowest BCUT2D eigenvalue weighted by Crippen LogP contribution is -2.48. The number of nitrogens with zero attached hydrogens (tertiary/aromatic N) is 1. The molecule has 1 heterocycles. The number of morpholine rings is 1. The summed E-state index contributed by atoms with van der Waals surface area (Å²) in [4.78, 5) is 36.9. The zero-order chi connectivity index (χ0) is 16.8. The van der Waals surface area contributed by atoms with Crippen LogP contribution in [0, 0.1) is 0 Å². The van der Waals surface area contributed by atoms with Crippen LogP contribution in [0.25, 0.3) is 0 Å². The first kappa shape index (κ1) is 17.0. The van der Waals surface area contributed by atoms with Crippen LogP contribution < -0.4 is 5.32 Å². The van der Waals surface area contributed by atoms with E-state index in [-0.39, 0.29) is 25.0 Å². The van der Waals surface area contributed by atoms with Crippen molar-refractivity contribution in [3.8, 4) is 0 Å². The van der Waals surface area contributed by atoms with Crippen LogP contribution in [0.5, 0.6) is 0 Å². The van der Waals surface area contributed by atoms with Gasteiger partial charge in [-0.3, -0.25) is 9.59 Å². The maximum absolute atomic E-state index is 12.5. The minimum atomic E-state index is -1.09. The van der Waals surface area contributed by atoms with Crippen molar-refractivity contribution in [2.75, 3.05) is 26.2 Å². The van der Waals surface area contributed by atoms with Crippen molar-refractivity contribution >= 4 is 17.8 Å². The monoisotopic (exact) mass is 320 g/mol. The highest BCUT2D eigenvalue weighted by atomic mass is 16.5. The van der Waals surface area contributed by atoms with E-state index in [0.717, 1.165) is 6.42 Å². The van der Waals surface area contributed by atoms with Crippen molar-refractivity contribution < 1.29 is 24.2 Å². The third-order valence-electron chi connectivity index (χ3n) is 3.54. The molecule has 0 spiro atoms. The van der Waals surface area contributed by atoms with E-state index >= 15 is 0 Å². The zero-order valence-corrected chi connectivity index (χ0v) is 12.9. The van der Waals surface area contributed by atoms with Crippen LogP contribution in [0.2, 0.25) is 0 Å². The molecule has 0 aliphatic carbocycles. The Hall–Kier alpha value is -2.41. The van der Waals surface area contributed by atoms with Crippen molar-refractivity contribution in [1.82, 2.24) is 10.2 Å². The molecule has 0 bridgehead atoms. The normalized spacial score (nSPS) is 17.6. The summed E-state index contributed by atoms with van der Waals surface area (Å²) < 4.78 is 5.10. The number of ether oxygens (including phenoxy) is 1. The number of nitrogens with one attached hydrogen (secondary N) is 1. The number of rotatable bonds is 5. The standard InChI is InChI=1S/C16H20N2O5/c1-2-6-17-14(19)11-4-3-5-12(9-11)15(20)18-7-8-23-13(10-18)16(21)22/h3-5,9,13H,2,6-8,10H2,1H3,(H,17,19)(H,21,22). The average Bonchev–Trinajstić information content (AvgIpc) is 2.59. The van der Waals surface area contributed by atoms with Gasteiger partial charge >= 0.3 is 5.97 Å². The highest BCUT2D eigenvalue weighted by Gasteiger charge is 2.29. The van der Waals surface area contributed by atoms with Gasteiger partial charge in [0, 0.05) is 24.2 Å². The fraction of sp³-hybridized carbons (Fsp3) is 0.438. The van der Waals surface area contributed by atoms with Gasteiger partial charge in [-0.2, -0.15) is 0 Å². The Morgan fingerprint density at radius 3 is 2.78 bits per heavy atom. The number of hydrogen-bond acceptors (Lipinski definition) is 4. The lowest BCUT2D eigenvalue weighted by atomic mass is 10.1. The number of carboxylic acid groups (broad SMARTS) is 1. The molecule has 2 rings (SSSR count). The summed E-state index contributed by atoms with van der Waals surface area (Å²) in [6.45, 7) is 3.03. The Morgan fingerprint density at radius 1 is 1.35 bits per heavy atom. The second-order valence-electron chi connectivity index (χ2n) is 5.29. The van der Waals surface area contributed by atoms with Crippen LogP contribution in [0.1, 0.15) is 34.1 Å². The molecule has 1 atom stereocenters. The van der Waals surface area contributed by atoms with Gasteiger partial charge in [-0.15, -0.1) is 0 Å². The van der Waals surface area contributed by atoms with Crippen molar-refractivity contribution in [3.63, 3.8) is 0 Å². The summed E-state index contributed by atoms with van der Waals surface area (Å²) in [6.07, 6.45) is -0.182. The Bertz CT molecular complexity index is 602. The van der Waals surface area contributed by atoms with Crippen LogP contribution in [-0.2, 0) is 9.53 Å². The maximum Gasteiger partial charge on any atom is 0.334 e. The number of amides is 2. The minimum Gasteiger partial charge on any atom is -0.479 e. The van der Waals surface area contributed by atoms with E-state index in [1.807, 2.05) is 6.92 Å². The van der Waals surface area contributed by atoms with Crippen LogP contribution in [0.3, 0.4) is 0 Å². The fourth-order valence-corrected chi connectivity index (χ4v) is 2.30. The molecule has 23 heavy (non-hydrogen) atoms. The molecule has 1 aromatic carbocycles. The van der Waals surface area contributed by atoms with Crippen molar-refractivity contribution in [2.24, 2.45) is 0 Å². The van der Waals surface area contributed by atoms with Gasteiger partial charge in [-0.25, -0.2) is 4.79 Å². The van der Waals surface area contributed by atoms with Crippen LogP contribution >= 0.6 is 0 Å². The van der Waals surface area contributed by atoms with Gasteiger partial charge in [0.1, 0.15) is 0 Å². The molecular formula is C16H20N2O5. The summed E-state index contributed by atoms with van der Waals surface area (Å²) in [5.41, 5.74) is 0.771. The van der Waals surface area contributed by atoms with Gasteiger partial charge in [0.2, 0.25) is 0 Å². The summed E-state index contributed by atoms with van der Waals surface area (Å²) in [7, 11) is 0. The molecule has 1 fully saturated rings. The van der Waals surface area contributed by atoms with Crippen LogP contribution in [0.4, 0.5) is 0 Å². The molecule has 1 aromatic rings. The van der Waals surface area contributed by atoms with Crippen LogP contribution in [0.15, 0.2) is 24.3 Å². The summed E-state index contributed by atoms with van der Waals surface area (Å²) in [6, 6.07) is 6.42. The van der Waals surface area contributed by atoms with Crippen molar-refractivity contribution in [3.05, 3.63) is 35.4 Å². The third kappa shape index (κ3) is 4.29. The molecule has 1 aliphatic heterocycles. The summed E-state index contributed by atoms with van der Waals surface area (Å²) in [5, 5.41) is 11.7. The van der Waals surface area contributed by atoms with E-state index in [1.165, 1.54) is 11.0 Å². The predicted octanol–water partition coefficient (Wildman–Crippen LogP) is 0.752. The summed E-state index contributed by atoms with van der Waals surface area (Å²) in [5.74, 6) is -1.62. The van der Waals surface area contributed by atoms with Crippen LogP contribution in [-0.4, -0.2) is 60.1 Å². The first-order valence-electron chi connectivity index (χ1n) is 7.55. The molecule has 1 saturated heterocycles. The number of carbonyl (C=O) groups excluding carboxylic acids is 2. The molecule has 7 heteroatoms. The minimum absolute atomic E-state index is 0.000422. The van der Waals surface area contributed by atoms with Gasteiger partial charge in [0.15, 0.2) is 6.10 Å². The smallest absolute Gasteiger partial charge is 0.334 e. The highest BCUT2D eigenvalue weighted by Crippen LogP contribution is 2.13. The van der Waals surface area contributed by atoms with Gasteiger partial charge in [0.25, 0.3) is 11.8 Å². The lowest BCUT2D eigenvalue weighted by molar-refractivity contribution is -0.154. The molecule has 0 aromatic heterocycles. The van der Waals surface area contributed by atoms with E-state index in [4.69, 9.17) is 9.84 Å². The first-order chi connectivity index (χ1) is 11.0. The van der Waals surface area contributed by atoms with Crippen molar-refractivity contribution in [1.29, 1.82) is 0 Å². The second-order valence-corrected chi connectivity index (χ2v) is 5.29. The fourth-order valence-electron chi connectivity index (χ4n) is 2.30. The topological polar surface area (TPSA) is 95.9 Å². The molecule has 7 nitrogen and oxygen atoms in total. The van der Waals surface area contributed by atoms with Gasteiger partial charge in [-0.05, 0) is 24.6 Å². The number of benzene rings is 1. The van der Waals surface area contributed by atoms with E-state index in [9.17, 15) is 14.4 Å². The predicted molar refractivity (Wildman–Crippen MR) is 82.3 cm³/mol. The number of aliphatic carboxylic acids is 1. The van der Waals surface area contributed by atoms with E-state index in [1.54, 1.807) is 18.2 Å². The number of hydrogen-bond donors (Lipinski definition) is 2. The lowest BCUT2D eigenvalue weighted by Gasteiger charge is -2.31. The zero-order valence-electron chi connectivity index (χ0n) is 12.9.